The molecule has 1 aromatic rings. The van der Waals surface area contributed by atoms with E-state index in [2.05, 4.69) is 17.6 Å². The summed E-state index contributed by atoms with van der Waals surface area (Å²) in [6.07, 6.45) is 2.58. The Bertz CT molecular complexity index is 420. The molecular formula is C15H22N2O3. The van der Waals surface area contributed by atoms with Gasteiger partial charge in [0.2, 0.25) is 5.91 Å². The molecular weight excluding hydrogens is 256 g/mol. The van der Waals surface area contributed by atoms with Gasteiger partial charge in [0, 0.05) is 0 Å². The normalized spacial score (nSPS) is 11.8. The van der Waals surface area contributed by atoms with Crippen LogP contribution in [0.2, 0.25) is 0 Å². The number of carboxylic acids is 1. The quantitative estimate of drug-likeness (QED) is 0.593. The van der Waals surface area contributed by atoms with Crippen molar-refractivity contribution < 1.29 is 14.7 Å². The van der Waals surface area contributed by atoms with Crippen LogP contribution in [0.1, 0.15) is 25.3 Å². The number of aliphatic carboxylic acids is 1. The van der Waals surface area contributed by atoms with Gasteiger partial charge in [0.05, 0.1) is 6.04 Å². The van der Waals surface area contributed by atoms with Crippen molar-refractivity contribution in [3.05, 3.63) is 35.9 Å². The summed E-state index contributed by atoms with van der Waals surface area (Å²) in [5.41, 5.74) is 1.05. The molecule has 0 spiro atoms. The van der Waals surface area contributed by atoms with E-state index in [4.69, 9.17) is 5.11 Å². The highest BCUT2D eigenvalue weighted by Gasteiger charge is 2.18. The fraction of sp³-hybridized carbons (Fsp3) is 0.467. The zero-order valence-electron chi connectivity index (χ0n) is 11.8. The SMILES string of the molecule is CCCCNC(Cc1ccccc1)C(=O)NCC(=O)O. The van der Waals surface area contributed by atoms with Gasteiger partial charge in [0.25, 0.3) is 0 Å². The summed E-state index contributed by atoms with van der Waals surface area (Å²) in [5, 5.41) is 14.2. The number of rotatable bonds is 9. The number of carbonyl (C=O) groups is 2. The Morgan fingerprint density at radius 2 is 1.95 bits per heavy atom. The Morgan fingerprint density at radius 1 is 1.25 bits per heavy atom. The van der Waals surface area contributed by atoms with Gasteiger partial charge in [-0.3, -0.25) is 9.59 Å². The van der Waals surface area contributed by atoms with Gasteiger partial charge in [-0.25, -0.2) is 0 Å². The van der Waals surface area contributed by atoms with Gasteiger partial charge in [0.15, 0.2) is 0 Å². The minimum absolute atomic E-state index is 0.271. The third-order valence-corrected chi connectivity index (χ3v) is 2.93. The number of carbonyl (C=O) groups excluding carboxylic acids is 1. The van der Waals surface area contributed by atoms with Gasteiger partial charge in [0.1, 0.15) is 6.54 Å². The van der Waals surface area contributed by atoms with Crippen molar-refractivity contribution in [2.24, 2.45) is 0 Å². The van der Waals surface area contributed by atoms with Crippen LogP contribution in [0.15, 0.2) is 30.3 Å². The third-order valence-electron chi connectivity index (χ3n) is 2.93. The lowest BCUT2D eigenvalue weighted by Crippen LogP contribution is -2.47. The number of nitrogens with one attached hydrogen (secondary N) is 2. The molecule has 0 aliphatic rings. The highest BCUT2D eigenvalue weighted by molar-refractivity contribution is 5.85. The summed E-state index contributed by atoms with van der Waals surface area (Å²) in [4.78, 5) is 22.5. The van der Waals surface area contributed by atoms with E-state index in [1.54, 1.807) is 0 Å². The first-order chi connectivity index (χ1) is 9.63. The van der Waals surface area contributed by atoms with E-state index in [-0.39, 0.29) is 12.5 Å². The average molecular weight is 278 g/mol. The maximum Gasteiger partial charge on any atom is 0.322 e. The molecule has 0 saturated heterocycles. The van der Waals surface area contributed by atoms with Crippen molar-refractivity contribution in [1.29, 1.82) is 0 Å². The highest BCUT2D eigenvalue weighted by atomic mass is 16.4. The van der Waals surface area contributed by atoms with Crippen LogP contribution in [0.4, 0.5) is 0 Å². The predicted octanol–water partition coefficient (Wildman–Crippen LogP) is 1.19. The zero-order chi connectivity index (χ0) is 14.8. The molecule has 1 aromatic carbocycles. The van der Waals surface area contributed by atoms with Gasteiger partial charge in [-0.05, 0) is 24.9 Å². The number of hydrogen-bond donors (Lipinski definition) is 3. The number of unbranched alkanes of at least 4 members (excludes halogenated alkanes) is 1. The molecule has 0 bridgehead atoms. The summed E-state index contributed by atoms with van der Waals surface area (Å²) in [6, 6.07) is 9.29. The van der Waals surface area contributed by atoms with Crippen LogP contribution in [0.5, 0.6) is 0 Å². The van der Waals surface area contributed by atoms with E-state index in [0.29, 0.717) is 6.42 Å². The van der Waals surface area contributed by atoms with Crippen molar-refractivity contribution in [3.63, 3.8) is 0 Å². The summed E-state index contributed by atoms with van der Waals surface area (Å²) in [5.74, 6) is -1.31. The molecule has 3 N–H and O–H groups in total. The number of benzene rings is 1. The summed E-state index contributed by atoms with van der Waals surface area (Å²) >= 11 is 0. The molecule has 0 aromatic heterocycles. The highest BCUT2D eigenvalue weighted by Crippen LogP contribution is 2.03. The number of amides is 1. The van der Waals surface area contributed by atoms with Crippen LogP contribution in [0, 0.1) is 0 Å². The smallest absolute Gasteiger partial charge is 0.322 e. The van der Waals surface area contributed by atoms with Gasteiger partial charge in [-0.15, -0.1) is 0 Å². The van der Waals surface area contributed by atoms with E-state index in [1.165, 1.54) is 0 Å². The maximum atomic E-state index is 12.0. The van der Waals surface area contributed by atoms with Gasteiger partial charge < -0.3 is 15.7 Å². The minimum Gasteiger partial charge on any atom is -0.480 e. The largest absolute Gasteiger partial charge is 0.480 e. The fourth-order valence-electron chi connectivity index (χ4n) is 1.85. The van der Waals surface area contributed by atoms with Gasteiger partial charge >= 0.3 is 5.97 Å². The molecule has 5 nitrogen and oxygen atoms in total. The number of hydrogen-bond acceptors (Lipinski definition) is 3. The monoisotopic (exact) mass is 278 g/mol. The molecule has 0 aliphatic carbocycles. The van der Waals surface area contributed by atoms with Crippen LogP contribution >= 0.6 is 0 Å². The van der Waals surface area contributed by atoms with Crippen LogP contribution in [0.25, 0.3) is 0 Å². The molecule has 0 saturated carbocycles. The molecule has 1 unspecified atom stereocenters. The van der Waals surface area contributed by atoms with E-state index >= 15 is 0 Å². The van der Waals surface area contributed by atoms with E-state index in [9.17, 15) is 9.59 Å². The molecule has 1 atom stereocenters. The molecule has 1 rings (SSSR count). The van der Waals surface area contributed by atoms with Gasteiger partial charge in [-0.2, -0.15) is 0 Å². The van der Waals surface area contributed by atoms with Crippen molar-refractivity contribution >= 4 is 11.9 Å². The van der Waals surface area contributed by atoms with Crippen LogP contribution in [-0.4, -0.2) is 36.1 Å². The second kappa shape index (κ2) is 9.09. The van der Waals surface area contributed by atoms with E-state index in [0.717, 1.165) is 24.9 Å². The Labute approximate surface area is 119 Å². The summed E-state index contributed by atoms with van der Waals surface area (Å²) < 4.78 is 0. The van der Waals surface area contributed by atoms with Crippen molar-refractivity contribution in [2.45, 2.75) is 32.2 Å². The second-order valence-electron chi connectivity index (χ2n) is 4.66. The molecule has 20 heavy (non-hydrogen) atoms. The zero-order valence-corrected chi connectivity index (χ0v) is 11.8. The standard InChI is InChI=1S/C15H22N2O3/c1-2-3-9-16-13(15(20)17-11-14(18)19)10-12-7-5-4-6-8-12/h4-8,13,16H,2-3,9-11H2,1H3,(H,17,20)(H,18,19). The number of carboxylic acid groups (broad SMARTS) is 1. The van der Waals surface area contributed by atoms with Crippen molar-refractivity contribution in [3.8, 4) is 0 Å². The third kappa shape index (κ3) is 6.33. The molecule has 0 fully saturated rings. The fourth-order valence-corrected chi connectivity index (χ4v) is 1.85. The first kappa shape index (κ1) is 16.2. The van der Waals surface area contributed by atoms with Crippen LogP contribution < -0.4 is 10.6 Å². The van der Waals surface area contributed by atoms with Crippen molar-refractivity contribution in [1.82, 2.24) is 10.6 Å². The summed E-state index contributed by atoms with van der Waals surface area (Å²) in [6.45, 7) is 2.48. The van der Waals surface area contributed by atoms with Crippen molar-refractivity contribution in [2.75, 3.05) is 13.1 Å². The molecule has 110 valence electrons. The van der Waals surface area contributed by atoms with Crippen LogP contribution in [0.3, 0.4) is 0 Å². The Kier molecular flexibility index (Phi) is 7.35. The lowest BCUT2D eigenvalue weighted by Gasteiger charge is -2.18. The molecule has 5 heteroatoms. The first-order valence-electron chi connectivity index (χ1n) is 6.90. The Balaban J connectivity index is 2.59. The minimum atomic E-state index is -1.04. The van der Waals surface area contributed by atoms with Crippen LogP contribution in [-0.2, 0) is 16.0 Å². The first-order valence-corrected chi connectivity index (χ1v) is 6.90. The molecule has 1 amide bonds. The molecule has 0 radical (unpaired) electrons. The Morgan fingerprint density at radius 3 is 2.55 bits per heavy atom. The predicted molar refractivity (Wildman–Crippen MR) is 77.5 cm³/mol. The molecule has 0 heterocycles. The van der Waals surface area contributed by atoms with E-state index < -0.39 is 12.0 Å². The average Bonchev–Trinajstić information content (AvgIpc) is 2.45. The topological polar surface area (TPSA) is 78.4 Å². The second-order valence-corrected chi connectivity index (χ2v) is 4.66. The Hall–Kier alpha value is -1.88. The lowest BCUT2D eigenvalue weighted by atomic mass is 10.1. The lowest BCUT2D eigenvalue weighted by molar-refractivity contribution is -0.138. The summed E-state index contributed by atoms with van der Waals surface area (Å²) in [7, 11) is 0. The van der Waals surface area contributed by atoms with E-state index in [1.807, 2.05) is 30.3 Å². The molecule has 0 aliphatic heterocycles. The maximum absolute atomic E-state index is 12.0. The van der Waals surface area contributed by atoms with Gasteiger partial charge in [-0.1, -0.05) is 43.7 Å².